The summed E-state index contributed by atoms with van der Waals surface area (Å²) in [7, 11) is 0. The standard InChI is InChI=1S/C14H17FN2O4/c1-2-4-11(14(20)21)17-12(18)8-16-13(19)9-5-3-6-10(15)7-9/h3,5-7,11H,2,4,8H2,1H3,(H,16,19)(H,17,18)(H,20,21)/t11-/m1/s1. The molecule has 0 aliphatic heterocycles. The number of hydrogen-bond acceptors (Lipinski definition) is 3. The van der Waals surface area contributed by atoms with Crippen LogP contribution in [0.5, 0.6) is 0 Å². The molecular weight excluding hydrogens is 279 g/mol. The van der Waals surface area contributed by atoms with E-state index in [0.717, 1.165) is 6.07 Å². The van der Waals surface area contributed by atoms with Gasteiger partial charge < -0.3 is 15.7 Å². The van der Waals surface area contributed by atoms with Crippen LogP contribution in [0.4, 0.5) is 4.39 Å². The summed E-state index contributed by atoms with van der Waals surface area (Å²) in [5.74, 6) is -2.89. The Morgan fingerprint density at radius 1 is 1.33 bits per heavy atom. The summed E-state index contributed by atoms with van der Waals surface area (Å²) in [5, 5.41) is 13.5. The van der Waals surface area contributed by atoms with Crippen molar-refractivity contribution in [1.29, 1.82) is 0 Å². The highest BCUT2D eigenvalue weighted by Gasteiger charge is 2.19. The summed E-state index contributed by atoms with van der Waals surface area (Å²) in [4.78, 5) is 34.1. The molecule has 0 unspecified atom stereocenters. The Morgan fingerprint density at radius 2 is 2.05 bits per heavy atom. The number of nitrogens with one attached hydrogen (secondary N) is 2. The van der Waals surface area contributed by atoms with Gasteiger partial charge in [-0.15, -0.1) is 0 Å². The Morgan fingerprint density at radius 3 is 2.62 bits per heavy atom. The second-order valence-electron chi connectivity index (χ2n) is 4.44. The van der Waals surface area contributed by atoms with Gasteiger partial charge in [-0.1, -0.05) is 19.4 Å². The highest BCUT2D eigenvalue weighted by molar-refractivity contribution is 5.96. The van der Waals surface area contributed by atoms with Crippen LogP contribution in [0.1, 0.15) is 30.1 Å². The Labute approximate surface area is 121 Å². The van der Waals surface area contributed by atoms with Gasteiger partial charge in [0.2, 0.25) is 5.91 Å². The van der Waals surface area contributed by atoms with E-state index in [1.54, 1.807) is 6.92 Å². The van der Waals surface area contributed by atoms with Crippen molar-refractivity contribution in [3.63, 3.8) is 0 Å². The lowest BCUT2D eigenvalue weighted by Crippen LogP contribution is -2.45. The molecule has 1 atom stereocenters. The van der Waals surface area contributed by atoms with Crippen molar-refractivity contribution in [2.75, 3.05) is 6.54 Å². The largest absolute Gasteiger partial charge is 0.480 e. The van der Waals surface area contributed by atoms with E-state index in [9.17, 15) is 18.8 Å². The molecule has 0 radical (unpaired) electrons. The molecule has 0 heterocycles. The van der Waals surface area contributed by atoms with Gasteiger partial charge in [0.1, 0.15) is 11.9 Å². The van der Waals surface area contributed by atoms with Crippen molar-refractivity contribution in [2.45, 2.75) is 25.8 Å². The number of amides is 2. The molecule has 0 spiro atoms. The molecule has 3 N–H and O–H groups in total. The van der Waals surface area contributed by atoms with E-state index < -0.39 is 29.6 Å². The van der Waals surface area contributed by atoms with Crippen LogP contribution in [0, 0.1) is 5.82 Å². The van der Waals surface area contributed by atoms with Gasteiger partial charge in [0.05, 0.1) is 6.54 Å². The zero-order valence-electron chi connectivity index (χ0n) is 11.6. The average molecular weight is 296 g/mol. The fraction of sp³-hybridized carbons (Fsp3) is 0.357. The molecule has 21 heavy (non-hydrogen) atoms. The van der Waals surface area contributed by atoms with Crippen LogP contribution < -0.4 is 10.6 Å². The Hall–Kier alpha value is -2.44. The Balaban J connectivity index is 2.49. The van der Waals surface area contributed by atoms with Crippen molar-refractivity contribution in [3.8, 4) is 0 Å². The van der Waals surface area contributed by atoms with E-state index in [-0.39, 0.29) is 12.1 Å². The maximum absolute atomic E-state index is 12.9. The second kappa shape index (κ2) is 7.98. The Bertz CT molecular complexity index is 533. The van der Waals surface area contributed by atoms with Gasteiger partial charge in [0.25, 0.3) is 5.91 Å². The van der Waals surface area contributed by atoms with Crippen molar-refractivity contribution >= 4 is 17.8 Å². The van der Waals surface area contributed by atoms with Crippen molar-refractivity contribution in [3.05, 3.63) is 35.6 Å². The van der Waals surface area contributed by atoms with Crippen LogP contribution in [-0.2, 0) is 9.59 Å². The van der Waals surface area contributed by atoms with Crippen LogP contribution in [0.15, 0.2) is 24.3 Å². The van der Waals surface area contributed by atoms with Crippen LogP contribution in [0.2, 0.25) is 0 Å². The third kappa shape index (κ3) is 5.60. The molecule has 0 bridgehead atoms. The summed E-state index contributed by atoms with van der Waals surface area (Å²) in [5.41, 5.74) is 0.0890. The molecule has 1 aromatic carbocycles. The number of rotatable bonds is 7. The smallest absolute Gasteiger partial charge is 0.326 e. The van der Waals surface area contributed by atoms with Gasteiger partial charge in [-0.05, 0) is 24.6 Å². The minimum absolute atomic E-state index is 0.0890. The fourth-order valence-electron chi connectivity index (χ4n) is 1.68. The molecule has 7 heteroatoms. The van der Waals surface area contributed by atoms with Gasteiger partial charge >= 0.3 is 5.97 Å². The topological polar surface area (TPSA) is 95.5 Å². The predicted octanol–water partition coefficient (Wildman–Crippen LogP) is 0.925. The van der Waals surface area contributed by atoms with Crippen molar-refractivity contribution in [1.82, 2.24) is 10.6 Å². The van der Waals surface area contributed by atoms with E-state index in [0.29, 0.717) is 12.8 Å². The van der Waals surface area contributed by atoms with Gasteiger partial charge in [0.15, 0.2) is 0 Å². The molecule has 0 saturated carbocycles. The first-order chi connectivity index (χ1) is 9.93. The number of aliphatic carboxylic acids is 1. The number of halogens is 1. The molecule has 0 aromatic heterocycles. The SMILES string of the molecule is CCC[C@@H](NC(=O)CNC(=O)c1cccc(F)c1)C(=O)O. The molecule has 0 aliphatic rings. The van der Waals surface area contributed by atoms with Crippen LogP contribution >= 0.6 is 0 Å². The van der Waals surface area contributed by atoms with E-state index >= 15 is 0 Å². The number of benzene rings is 1. The number of carbonyl (C=O) groups is 3. The van der Waals surface area contributed by atoms with Crippen LogP contribution in [-0.4, -0.2) is 35.5 Å². The molecule has 1 rings (SSSR count). The monoisotopic (exact) mass is 296 g/mol. The first kappa shape index (κ1) is 16.6. The van der Waals surface area contributed by atoms with Crippen molar-refractivity contribution in [2.24, 2.45) is 0 Å². The van der Waals surface area contributed by atoms with Crippen molar-refractivity contribution < 1.29 is 23.9 Å². The second-order valence-corrected chi connectivity index (χ2v) is 4.44. The third-order valence-electron chi connectivity index (χ3n) is 2.71. The number of hydrogen-bond donors (Lipinski definition) is 3. The molecule has 114 valence electrons. The Kier molecular flexibility index (Phi) is 6.32. The highest BCUT2D eigenvalue weighted by Crippen LogP contribution is 2.03. The maximum atomic E-state index is 12.9. The van der Waals surface area contributed by atoms with Gasteiger partial charge in [-0.3, -0.25) is 9.59 Å². The summed E-state index contributed by atoms with van der Waals surface area (Å²) in [6.07, 6.45) is 0.909. The molecule has 0 saturated heterocycles. The third-order valence-corrected chi connectivity index (χ3v) is 2.71. The summed E-state index contributed by atoms with van der Waals surface area (Å²) >= 11 is 0. The molecule has 0 aliphatic carbocycles. The number of carbonyl (C=O) groups excluding carboxylic acids is 2. The average Bonchev–Trinajstić information content (AvgIpc) is 2.44. The van der Waals surface area contributed by atoms with Crippen LogP contribution in [0.25, 0.3) is 0 Å². The normalized spacial score (nSPS) is 11.5. The van der Waals surface area contributed by atoms with E-state index in [2.05, 4.69) is 10.6 Å². The zero-order valence-corrected chi connectivity index (χ0v) is 11.6. The summed E-state index contributed by atoms with van der Waals surface area (Å²) in [6.45, 7) is 1.43. The fourth-order valence-corrected chi connectivity index (χ4v) is 1.68. The van der Waals surface area contributed by atoms with Gasteiger partial charge in [-0.25, -0.2) is 9.18 Å². The van der Waals surface area contributed by atoms with E-state index in [1.165, 1.54) is 18.2 Å². The molecule has 6 nitrogen and oxygen atoms in total. The molecule has 0 fully saturated rings. The first-order valence-electron chi connectivity index (χ1n) is 6.50. The van der Waals surface area contributed by atoms with Crippen LogP contribution in [0.3, 0.4) is 0 Å². The summed E-state index contributed by atoms with van der Waals surface area (Å²) < 4.78 is 12.9. The summed E-state index contributed by atoms with van der Waals surface area (Å²) in [6, 6.07) is 4.06. The lowest BCUT2D eigenvalue weighted by molar-refractivity contribution is -0.141. The number of carboxylic acids is 1. The van der Waals surface area contributed by atoms with E-state index in [4.69, 9.17) is 5.11 Å². The molecule has 1 aromatic rings. The maximum Gasteiger partial charge on any atom is 0.326 e. The minimum atomic E-state index is -1.12. The highest BCUT2D eigenvalue weighted by atomic mass is 19.1. The number of carboxylic acid groups (broad SMARTS) is 1. The lowest BCUT2D eigenvalue weighted by atomic mass is 10.1. The van der Waals surface area contributed by atoms with E-state index in [1.807, 2.05) is 0 Å². The molecular formula is C14H17FN2O4. The first-order valence-corrected chi connectivity index (χ1v) is 6.50. The minimum Gasteiger partial charge on any atom is -0.480 e. The lowest BCUT2D eigenvalue weighted by Gasteiger charge is -2.13. The predicted molar refractivity (Wildman–Crippen MR) is 73.2 cm³/mol. The quantitative estimate of drug-likeness (QED) is 0.697. The van der Waals surface area contributed by atoms with Gasteiger partial charge in [-0.2, -0.15) is 0 Å². The van der Waals surface area contributed by atoms with Gasteiger partial charge in [0, 0.05) is 5.56 Å². The molecule has 2 amide bonds. The zero-order chi connectivity index (χ0) is 15.8.